The minimum Gasteiger partial charge on any atom is -0.381 e. The van der Waals surface area contributed by atoms with Crippen molar-refractivity contribution in [3.8, 4) is 0 Å². The topological polar surface area (TPSA) is 27.1 Å². The Morgan fingerprint density at radius 2 is 1.94 bits per heavy atom. The molecule has 0 bridgehead atoms. The third-order valence-corrected chi connectivity index (χ3v) is 2.75. The molecular formula is C14H28N2O. The van der Waals surface area contributed by atoms with Crippen molar-refractivity contribution in [2.75, 3.05) is 13.2 Å². The Kier molecular flexibility index (Phi) is 9.83. The highest BCUT2D eigenvalue weighted by atomic mass is 16.5. The molecule has 2 heterocycles. The molecule has 1 fully saturated rings. The molecule has 3 nitrogen and oxygen atoms in total. The van der Waals surface area contributed by atoms with Gasteiger partial charge in [0.05, 0.1) is 6.20 Å². The van der Waals surface area contributed by atoms with E-state index >= 15 is 0 Å². The van der Waals surface area contributed by atoms with Crippen LogP contribution in [-0.2, 0) is 11.8 Å². The Morgan fingerprint density at radius 3 is 2.18 bits per heavy atom. The maximum Gasteiger partial charge on any atom is 0.0518 e. The van der Waals surface area contributed by atoms with Crippen LogP contribution in [0.3, 0.4) is 0 Å². The van der Waals surface area contributed by atoms with Crippen LogP contribution in [-0.4, -0.2) is 23.0 Å². The summed E-state index contributed by atoms with van der Waals surface area (Å²) in [6, 6.07) is 0. The number of hydrogen-bond acceptors (Lipinski definition) is 2. The van der Waals surface area contributed by atoms with Gasteiger partial charge in [0.25, 0.3) is 0 Å². The van der Waals surface area contributed by atoms with Crippen molar-refractivity contribution in [2.24, 2.45) is 13.0 Å². The Labute approximate surface area is 106 Å². The average Bonchev–Trinajstić information content (AvgIpc) is 2.77. The highest BCUT2D eigenvalue weighted by molar-refractivity contribution is 4.98. The molecule has 0 atom stereocenters. The Balaban J connectivity index is 0.000000265. The van der Waals surface area contributed by atoms with Crippen LogP contribution in [0.4, 0.5) is 0 Å². The van der Waals surface area contributed by atoms with Crippen LogP contribution in [0, 0.1) is 12.8 Å². The van der Waals surface area contributed by atoms with Crippen molar-refractivity contribution >= 4 is 0 Å². The zero-order valence-corrected chi connectivity index (χ0v) is 12.1. The van der Waals surface area contributed by atoms with Gasteiger partial charge in [-0.2, -0.15) is 5.10 Å². The van der Waals surface area contributed by atoms with Crippen LogP contribution in [0.1, 0.15) is 45.6 Å². The van der Waals surface area contributed by atoms with E-state index in [0.29, 0.717) is 0 Å². The van der Waals surface area contributed by atoms with E-state index < -0.39 is 0 Å². The van der Waals surface area contributed by atoms with Gasteiger partial charge in [-0.3, -0.25) is 4.68 Å². The number of nitrogens with zero attached hydrogens (tertiary/aromatic N) is 2. The summed E-state index contributed by atoms with van der Waals surface area (Å²) in [6.07, 6.45) is 7.72. The van der Waals surface area contributed by atoms with E-state index in [4.69, 9.17) is 4.74 Å². The maximum absolute atomic E-state index is 5.20. The molecule has 1 saturated heterocycles. The smallest absolute Gasteiger partial charge is 0.0518 e. The zero-order chi connectivity index (χ0) is 13.1. The van der Waals surface area contributed by atoms with Crippen LogP contribution in [0.2, 0.25) is 0 Å². The van der Waals surface area contributed by atoms with Gasteiger partial charge in [-0.05, 0) is 31.2 Å². The maximum atomic E-state index is 5.20. The summed E-state index contributed by atoms with van der Waals surface area (Å²) in [6.45, 7) is 10.3. The molecule has 0 N–H and O–H groups in total. The predicted molar refractivity (Wildman–Crippen MR) is 73.1 cm³/mol. The van der Waals surface area contributed by atoms with Crippen molar-refractivity contribution in [2.45, 2.75) is 47.0 Å². The van der Waals surface area contributed by atoms with Crippen molar-refractivity contribution in [3.63, 3.8) is 0 Å². The third kappa shape index (κ3) is 7.97. The van der Waals surface area contributed by atoms with Crippen LogP contribution in [0.25, 0.3) is 0 Å². The molecule has 0 spiro atoms. The standard InChI is InChI=1S/C7H14O.C5H8N2.C2H6/c1-2-7-3-5-8-6-4-7;1-5-3-6-7(2)4-5;1-2/h7H,2-6H2,1H3;3-4H,1-2H3;1-2H3. The van der Waals surface area contributed by atoms with E-state index in [1.807, 2.05) is 40.2 Å². The first kappa shape index (κ1) is 16.2. The number of aromatic nitrogens is 2. The Hall–Kier alpha value is -0.830. The monoisotopic (exact) mass is 240 g/mol. The molecule has 1 aliphatic rings. The number of hydrogen-bond donors (Lipinski definition) is 0. The quantitative estimate of drug-likeness (QED) is 0.750. The van der Waals surface area contributed by atoms with Crippen molar-refractivity contribution in [3.05, 3.63) is 18.0 Å². The normalized spacial score (nSPS) is 15.4. The van der Waals surface area contributed by atoms with Crippen molar-refractivity contribution < 1.29 is 4.74 Å². The van der Waals surface area contributed by atoms with E-state index in [-0.39, 0.29) is 0 Å². The molecule has 0 saturated carbocycles. The summed E-state index contributed by atoms with van der Waals surface area (Å²) >= 11 is 0. The van der Waals surface area contributed by atoms with E-state index in [1.54, 1.807) is 4.68 Å². The second-order valence-electron chi connectivity index (χ2n) is 4.16. The van der Waals surface area contributed by atoms with Crippen LogP contribution in [0.5, 0.6) is 0 Å². The lowest BCUT2D eigenvalue weighted by molar-refractivity contribution is 0.0654. The molecule has 3 heteroatoms. The largest absolute Gasteiger partial charge is 0.381 e. The average molecular weight is 240 g/mol. The fourth-order valence-corrected chi connectivity index (χ4v) is 1.70. The molecule has 1 aromatic heterocycles. The fourth-order valence-electron chi connectivity index (χ4n) is 1.70. The predicted octanol–water partition coefficient (Wildman–Crippen LogP) is 3.58. The molecule has 1 aliphatic heterocycles. The second-order valence-corrected chi connectivity index (χ2v) is 4.16. The van der Waals surface area contributed by atoms with Gasteiger partial charge >= 0.3 is 0 Å². The molecule has 2 rings (SSSR count). The molecule has 100 valence electrons. The van der Waals surface area contributed by atoms with Crippen molar-refractivity contribution in [1.29, 1.82) is 0 Å². The van der Waals surface area contributed by atoms with Gasteiger partial charge < -0.3 is 4.74 Å². The number of ether oxygens (including phenoxy) is 1. The molecule has 0 unspecified atom stereocenters. The molecular weight excluding hydrogens is 212 g/mol. The summed E-state index contributed by atoms with van der Waals surface area (Å²) in [5.74, 6) is 0.962. The lowest BCUT2D eigenvalue weighted by Crippen LogP contribution is -2.14. The van der Waals surface area contributed by atoms with Crippen LogP contribution >= 0.6 is 0 Å². The lowest BCUT2D eigenvalue weighted by atomic mass is 9.98. The van der Waals surface area contributed by atoms with Crippen molar-refractivity contribution in [1.82, 2.24) is 9.78 Å². The third-order valence-electron chi connectivity index (χ3n) is 2.75. The molecule has 0 aromatic carbocycles. The van der Waals surface area contributed by atoms with Gasteiger partial charge in [0.15, 0.2) is 0 Å². The summed E-state index contributed by atoms with van der Waals surface area (Å²) in [5.41, 5.74) is 1.21. The summed E-state index contributed by atoms with van der Waals surface area (Å²) < 4.78 is 6.99. The van der Waals surface area contributed by atoms with Gasteiger partial charge in [0.1, 0.15) is 0 Å². The second kappa shape index (κ2) is 10.3. The van der Waals surface area contributed by atoms with Gasteiger partial charge in [0, 0.05) is 26.5 Å². The van der Waals surface area contributed by atoms with Gasteiger partial charge in [-0.15, -0.1) is 0 Å². The first-order valence-electron chi connectivity index (χ1n) is 6.75. The SMILES string of the molecule is CC.CCC1CCOCC1.Cc1cnn(C)c1. The summed E-state index contributed by atoms with van der Waals surface area (Å²) in [7, 11) is 1.91. The molecule has 0 aliphatic carbocycles. The van der Waals surface area contributed by atoms with Gasteiger partial charge in [-0.1, -0.05) is 27.2 Å². The molecule has 0 amide bonds. The van der Waals surface area contributed by atoms with Gasteiger partial charge in [0.2, 0.25) is 0 Å². The number of aryl methyl sites for hydroxylation is 2. The summed E-state index contributed by atoms with van der Waals surface area (Å²) in [4.78, 5) is 0. The fraction of sp³-hybridized carbons (Fsp3) is 0.786. The molecule has 1 aromatic rings. The van der Waals surface area contributed by atoms with E-state index in [9.17, 15) is 0 Å². The minimum absolute atomic E-state index is 0.962. The van der Waals surface area contributed by atoms with Crippen LogP contribution < -0.4 is 0 Å². The molecule has 17 heavy (non-hydrogen) atoms. The molecule has 0 radical (unpaired) electrons. The van der Waals surface area contributed by atoms with E-state index in [2.05, 4.69) is 12.0 Å². The minimum atomic E-state index is 0.962. The van der Waals surface area contributed by atoms with Gasteiger partial charge in [-0.25, -0.2) is 0 Å². The Morgan fingerprint density at radius 1 is 1.35 bits per heavy atom. The van der Waals surface area contributed by atoms with E-state index in [1.165, 1.54) is 24.8 Å². The highest BCUT2D eigenvalue weighted by Gasteiger charge is 2.09. The first-order chi connectivity index (χ1) is 8.22. The highest BCUT2D eigenvalue weighted by Crippen LogP contribution is 2.16. The lowest BCUT2D eigenvalue weighted by Gasteiger charge is -2.19. The zero-order valence-electron chi connectivity index (χ0n) is 12.1. The summed E-state index contributed by atoms with van der Waals surface area (Å²) in [5, 5.41) is 3.93. The van der Waals surface area contributed by atoms with Crippen LogP contribution in [0.15, 0.2) is 12.4 Å². The van der Waals surface area contributed by atoms with E-state index in [0.717, 1.165) is 19.1 Å². The Bertz CT molecular complexity index is 248. The first-order valence-corrected chi connectivity index (χ1v) is 6.75. The number of rotatable bonds is 1.